The zero-order valence-corrected chi connectivity index (χ0v) is 18.2. The van der Waals surface area contributed by atoms with Crippen molar-refractivity contribution in [2.24, 2.45) is 7.05 Å². The van der Waals surface area contributed by atoms with Crippen LogP contribution in [-0.2, 0) is 23.1 Å². The molecule has 0 saturated carbocycles. The Morgan fingerprint density at radius 3 is 2.76 bits per heavy atom. The first-order chi connectivity index (χ1) is 17.6. The van der Waals surface area contributed by atoms with Gasteiger partial charge in [0, 0.05) is 42.6 Å². The fourth-order valence-corrected chi connectivity index (χ4v) is 3.95. The minimum Gasteiger partial charge on any atom is -0.387 e. The van der Waals surface area contributed by atoms with Gasteiger partial charge in [-0.05, 0) is 11.6 Å². The number of likely N-dealkylation sites (N-methyl/N-ethyl adjacent to an activating group) is 1. The van der Waals surface area contributed by atoms with Crippen molar-refractivity contribution in [3.63, 3.8) is 0 Å². The van der Waals surface area contributed by atoms with E-state index in [2.05, 4.69) is 20.3 Å². The van der Waals surface area contributed by atoms with Crippen LogP contribution < -0.4 is 10.6 Å². The number of anilines is 1. The van der Waals surface area contributed by atoms with Crippen molar-refractivity contribution in [3.8, 4) is 11.4 Å². The van der Waals surface area contributed by atoms with Crippen LogP contribution in [0.25, 0.3) is 22.6 Å². The van der Waals surface area contributed by atoms with Crippen LogP contribution in [0.3, 0.4) is 0 Å². The highest BCUT2D eigenvalue weighted by Crippen LogP contribution is 2.33. The molecule has 0 spiro atoms. The summed E-state index contributed by atoms with van der Waals surface area (Å²) in [5.41, 5.74) is 2.44. The number of fused-ring (bicyclic) bond motifs is 1. The Morgan fingerprint density at radius 1 is 1.21 bits per heavy atom. The molecule has 5 rings (SSSR count). The molecule has 1 amide bonds. The highest BCUT2D eigenvalue weighted by Gasteiger charge is 2.47. The second kappa shape index (κ2) is 8.86. The number of aryl methyl sites for hydroxylation is 1. The number of aliphatic hydroxyl groups is 2. The monoisotopic (exact) mass is 466 g/mol. The van der Waals surface area contributed by atoms with Gasteiger partial charge in [-0.2, -0.15) is 0 Å². The Balaban J connectivity index is 1.52. The van der Waals surface area contributed by atoms with Crippen molar-refractivity contribution < 1.29 is 23.9 Å². The molecule has 0 radical (unpaired) electrons. The molecule has 34 heavy (non-hydrogen) atoms. The lowest BCUT2D eigenvalue weighted by Crippen LogP contribution is -2.41. The molecule has 4 heterocycles. The quantitative estimate of drug-likeness (QED) is 0.327. The maximum Gasteiger partial charge on any atom is 0.251 e. The lowest BCUT2D eigenvalue weighted by atomic mass is 10.1. The molecule has 1 aliphatic heterocycles. The lowest BCUT2D eigenvalue weighted by Gasteiger charge is -2.17. The van der Waals surface area contributed by atoms with Crippen LogP contribution >= 0.6 is 0 Å². The van der Waals surface area contributed by atoms with Gasteiger partial charge < -0.3 is 30.2 Å². The summed E-state index contributed by atoms with van der Waals surface area (Å²) < 4.78 is 30.6. The average Bonchev–Trinajstić information content (AvgIpc) is 3.55. The highest BCUT2D eigenvalue weighted by atomic mass is 16.6. The van der Waals surface area contributed by atoms with Crippen LogP contribution in [0.2, 0.25) is 0 Å². The largest absolute Gasteiger partial charge is 0.387 e. The van der Waals surface area contributed by atoms with Crippen LogP contribution in [-0.4, -0.2) is 65.5 Å². The number of aromatic nitrogens is 5. The third-order valence-corrected chi connectivity index (χ3v) is 5.71. The van der Waals surface area contributed by atoms with E-state index in [4.69, 9.17) is 8.85 Å². The number of ether oxygens (including phenoxy) is 1. The number of hydrogen-bond acceptors (Lipinski definition) is 8. The molecule has 1 fully saturated rings. The molecule has 4 aromatic rings. The summed E-state index contributed by atoms with van der Waals surface area (Å²) in [6.07, 6.45) is -1.02. The number of amides is 1. The topological polar surface area (TPSA) is 139 Å². The molecular weight excluding hydrogens is 438 g/mol. The Bertz CT molecular complexity index is 1420. The number of carbonyl (C=O) groups is 1. The molecule has 0 unspecified atom stereocenters. The molecule has 0 bridgehead atoms. The first-order valence-corrected chi connectivity index (χ1v) is 10.6. The van der Waals surface area contributed by atoms with Gasteiger partial charge in [-0.3, -0.25) is 9.36 Å². The van der Waals surface area contributed by atoms with Gasteiger partial charge in [-0.1, -0.05) is 30.3 Å². The fraction of sp³-hybridized carbons (Fsp3) is 0.304. The van der Waals surface area contributed by atoms with Gasteiger partial charge in [0.25, 0.3) is 5.91 Å². The first kappa shape index (κ1) is 18.6. The minimum atomic E-state index is -2.78. The van der Waals surface area contributed by atoms with Crippen molar-refractivity contribution in [1.29, 1.82) is 0 Å². The van der Waals surface area contributed by atoms with Gasteiger partial charge in [0.1, 0.15) is 12.2 Å². The molecule has 4 N–H and O–H groups in total. The molecule has 1 saturated heterocycles. The number of nitrogens with one attached hydrogen (secondary N) is 2. The molecule has 3 aromatic heterocycles. The van der Waals surface area contributed by atoms with Crippen LogP contribution in [0.5, 0.6) is 0 Å². The van der Waals surface area contributed by atoms with Crippen molar-refractivity contribution in [3.05, 3.63) is 60.7 Å². The average molecular weight is 467 g/mol. The van der Waals surface area contributed by atoms with E-state index in [9.17, 15) is 15.0 Å². The highest BCUT2D eigenvalue weighted by molar-refractivity contribution is 5.85. The minimum absolute atomic E-state index is 0.289. The molecule has 1 aliphatic rings. The van der Waals surface area contributed by atoms with Gasteiger partial charge in [0.15, 0.2) is 35.1 Å². The van der Waals surface area contributed by atoms with Crippen LogP contribution in [0.15, 0.2) is 55.1 Å². The maximum absolute atomic E-state index is 12.4. The zero-order valence-electron chi connectivity index (χ0n) is 21.2. The summed E-state index contributed by atoms with van der Waals surface area (Å²) in [5, 5.41) is 26.3. The predicted octanol–water partition coefficient (Wildman–Crippen LogP) is 0.809. The number of rotatable bonds is 6. The summed E-state index contributed by atoms with van der Waals surface area (Å²) in [5.74, 6) is -0.241. The third kappa shape index (κ3) is 3.89. The Morgan fingerprint density at radius 2 is 2.03 bits per heavy atom. The number of imidazole rings is 1. The van der Waals surface area contributed by atoms with E-state index >= 15 is 0 Å². The molecule has 11 heteroatoms. The Hall–Kier alpha value is -3.80. The molecule has 176 valence electrons. The van der Waals surface area contributed by atoms with E-state index in [1.807, 2.05) is 60.4 Å². The van der Waals surface area contributed by atoms with Gasteiger partial charge >= 0.3 is 0 Å². The Kier molecular flexibility index (Phi) is 4.85. The van der Waals surface area contributed by atoms with Crippen molar-refractivity contribution in [2.45, 2.75) is 31.1 Å². The third-order valence-electron chi connectivity index (χ3n) is 5.71. The SMILES string of the molecule is [2H]C([2H])([2H])NC(=O)[C@H]1O[C@@H](n2cnc3c(NCc4ccccc4)nc(-c4ccn(C)c4)nc32)[C@H](O)[C@@H]1O. The van der Waals surface area contributed by atoms with E-state index in [0.717, 1.165) is 11.1 Å². The number of hydrogen-bond donors (Lipinski definition) is 4. The van der Waals surface area contributed by atoms with Crippen molar-refractivity contribution in [1.82, 2.24) is 29.4 Å². The van der Waals surface area contributed by atoms with Crippen molar-refractivity contribution >= 4 is 22.9 Å². The van der Waals surface area contributed by atoms with E-state index in [1.54, 1.807) is 5.32 Å². The first-order valence-electron chi connectivity index (χ1n) is 12.1. The number of nitrogens with zero attached hydrogens (tertiary/aromatic N) is 5. The van der Waals surface area contributed by atoms with E-state index < -0.39 is 37.4 Å². The van der Waals surface area contributed by atoms with Crippen molar-refractivity contribution in [2.75, 3.05) is 12.3 Å². The molecule has 1 aromatic carbocycles. The van der Waals surface area contributed by atoms with E-state index in [0.29, 0.717) is 23.7 Å². The maximum atomic E-state index is 12.4. The normalized spacial score (nSPS) is 23.9. The zero-order chi connectivity index (χ0) is 26.3. The second-order valence-corrected chi connectivity index (χ2v) is 8.04. The second-order valence-electron chi connectivity index (χ2n) is 8.04. The smallest absolute Gasteiger partial charge is 0.251 e. The summed E-state index contributed by atoms with van der Waals surface area (Å²) in [6, 6.07) is 11.6. The predicted molar refractivity (Wildman–Crippen MR) is 123 cm³/mol. The summed E-state index contributed by atoms with van der Waals surface area (Å²) in [7, 11) is 1.87. The Labute approximate surface area is 199 Å². The van der Waals surface area contributed by atoms with E-state index in [1.165, 1.54) is 10.9 Å². The number of carbonyl (C=O) groups excluding carboxylic acids is 1. The summed E-state index contributed by atoms with van der Waals surface area (Å²) in [6.45, 7) is -2.31. The van der Waals surface area contributed by atoms with Gasteiger partial charge in [-0.15, -0.1) is 0 Å². The van der Waals surface area contributed by atoms with Crippen LogP contribution in [0, 0.1) is 0 Å². The van der Waals surface area contributed by atoms with Gasteiger partial charge in [-0.25, -0.2) is 15.0 Å². The summed E-state index contributed by atoms with van der Waals surface area (Å²) in [4.78, 5) is 26.1. The fourth-order valence-electron chi connectivity index (χ4n) is 3.95. The van der Waals surface area contributed by atoms with Crippen LogP contribution in [0.1, 0.15) is 15.9 Å². The van der Waals surface area contributed by atoms with Gasteiger partial charge in [0.05, 0.1) is 6.33 Å². The van der Waals surface area contributed by atoms with Gasteiger partial charge in [0.2, 0.25) is 0 Å². The summed E-state index contributed by atoms with van der Waals surface area (Å²) >= 11 is 0. The lowest BCUT2D eigenvalue weighted by molar-refractivity contribution is -0.137. The molecular formula is C23H25N7O4. The van der Waals surface area contributed by atoms with E-state index in [-0.39, 0.29) is 5.65 Å². The standard InChI is InChI=1S/C23H25N7O4/c1-24-22(33)18-16(31)17(32)23(34-18)30-12-26-15-20(25-10-13-6-4-3-5-7-13)27-19(28-21(15)30)14-8-9-29(2)11-14/h3-9,11-12,16-18,23,31-32H,10H2,1-2H3,(H,24,33)(H,25,27,28)/t16-,17+,18-,23+/m0/s1/i1D3. The molecule has 0 aliphatic carbocycles. The number of aliphatic hydroxyl groups excluding tert-OH is 2. The van der Waals surface area contributed by atoms with Crippen LogP contribution in [0.4, 0.5) is 5.82 Å². The number of benzene rings is 1. The molecule has 11 nitrogen and oxygen atoms in total. The molecule has 4 atom stereocenters.